The summed E-state index contributed by atoms with van der Waals surface area (Å²) < 4.78 is 7.12. The van der Waals surface area contributed by atoms with Crippen LogP contribution in [0.1, 0.15) is 18.2 Å². The lowest BCUT2D eigenvalue weighted by molar-refractivity contribution is 0.412. The van der Waals surface area contributed by atoms with Gasteiger partial charge in [0.2, 0.25) is 0 Å². The molecule has 0 aliphatic carbocycles. The lowest BCUT2D eigenvalue weighted by Gasteiger charge is -2.22. The highest BCUT2D eigenvalue weighted by atomic mass is 127. The molecule has 2 aromatic rings. The SMILES string of the molecule is CCNC(=NCc1ccnn1C)N(C)Cc1cccc(OC)c1.I. The zero-order valence-electron chi connectivity index (χ0n) is 14.7. The zero-order chi connectivity index (χ0) is 16.7. The van der Waals surface area contributed by atoms with Gasteiger partial charge >= 0.3 is 0 Å². The Morgan fingerprint density at radius 3 is 2.79 bits per heavy atom. The van der Waals surface area contributed by atoms with Crippen molar-refractivity contribution in [1.29, 1.82) is 0 Å². The molecule has 2 rings (SSSR count). The minimum Gasteiger partial charge on any atom is -0.497 e. The number of aromatic nitrogens is 2. The number of nitrogens with one attached hydrogen (secondary N) is 1. The normalized spacial score (nSPS) is 10.9. The standard InChI is InChI=1S/C17H25N5O.HI/c1-5-18-17(19-12-15-9-10-20-22(15)3)21(2)13-14-7-6-8-16(11-14)23-4;/h6-11H,5,12-13H2,1-4H3,(H,18,19);1H. The van der Waals surface area contributed by atoms with E-state index < -0.39 is 0 Å². The summed E-state index contributed by atoms with van der Waals surface area (Å²) in [5.41, 5.74) is 2.26. The summed E-state index contributed by atoms with van der Waals surface area (Å²) in [5.74, 6) is 1.74. The first-order chi connectivity index (χ1) is 11.1. The van der Waals surface area contributed by atoms with Crippen molar-refractivity contribution in [3.63, 3.8) is 0 Å². The Balaban J connectivity index is 0.00000288. The summed E-state index contributed by atoms with van der Waals surface area (Å²) in [5, 5.41) is 7.50. The lowest BCUT2D eigenvalue weighted by atomic mass is 10.2. The highest BCUT2D eigenvalue weighted by molar-refractivity contribution is 14.0. The summed E-state index contributed by atoms with van der Waals surface area (Å²) in [4.78, 5) is 6.80. The van der Waals surface area contributed by atoms with E-state index in [0.29, 0.717) is 6.54 Å². The lowest BCUT2D eigenvalue weighted by Crippen LogP contribution is -2.38. The molecule has 0 amide bonds. The van der Waals surface area contributed by atoms with Gasteiger partial charge in [0, 0.05) is 33.4 Å². The molecule has 0 unspecified atom stereocenters. The zero-order valence-corrected chi connectivity index (χ0v) is 17.0. The molecule has 0 atom stereocenters. The number of nitrogens with zero attached hydrogens (tertiary/aromatic N) is 4. The second-order valence-electron chi connectivity index (χ2n) is 5.32. The van der Waals surface area contributed by atoms with Gasteiger partial charge in [-0.3, -0.25) is 4.68 Å². The van der Waals surface area contributed by atoms with Gasteiger partial charge in [-0.2, -0.15) is 5.10 Å². The van der Waals surface area contributed by atoms with Gasteiger partial charge in [0.1, 0.15) is 5.75 Å². The second-order valence-corrected chi connectivity index (χ2v) is 5.32. The van der Waals surface area contributed by atoms with Crippen molar-refractivity contribution in [2.24, 2.45) is 12.0 Å². The van der Waals surface area contributed by atoms with Crippen LogP contribution in [0.3, 0.4) is 0 Å². The molecule has 0 spiro atoms. The van der Waals surface area contributed by atoms with E-state index in [-0.39, 0.29) is 24.0 Å². The van der Waals surface area contributed by atoms with Crippen LogP contribution in [0, 0.1) is 0 Å². The molecule has 0 saturated carbocycles. The molecule has 1 heterocycles. The van der Waals surface area contributed by atoms with Gasteiger partial charge < -0.3 is 15.0 Å². The van der Waals surface area contributed by atoms with Crippen LogP contribution in [0.4, 0.5) is 0 Å². The highest BCUT2D eigenvalue weighted by Gasteiger charge is 2.08. The third kappa shape index (κ3) is 5.70. The van der Waals surface area contributed by atoms with E-state index in [1.807, 2.05) is 43.0 Å². The smallest absolute Gasteiger partial charge is 0.194 e. The summed E-state index contributed by atoms with van der Waals surface area (Å²) in [6.45, 7) is 4.25. The quantitative estimate of drug-likeness (QED) is 0.424. The fourth-order valence-corrected chi connectivity index (χ4v) is 2.30. The minimum atomic E-state index is 0. The Labute approximate surface area is 160 Å². The van der Waals surface area contributed by atoms with Gasteiger partial charge in [0.15, 0.2) is 5.96 Å². The monoisotopic (exact) mass is 443 g/mol. The van der Waals surface area contributed by atoms with Crippen molar-refractivity contribution in [1.82, 2.24) is 20.0 Å². The maximum Gasteiger partial charge on any atom is 0.194 e. The third-order valence-corrected chi connectivity index (χ3v) is 3.56. The first-order valence-electron chi connectivity index (χ1n) is 7.73. The Kier molecular flexibility index (Phi) is 8.59. The van der Waals surface area contributed by atoms with Crippen LogP contribution in [0.15, 0.2) is 41.5 Å². The summed E-state index contributed by atoms with van der Waals surface area (Å²) in [6, 6.07) is 10.1. The number of halogens is 1. The number of guanidine groups is 1. The number of aliphatic imine (C=N–C) groups is 1. The number of benzene rings is 1. The first kappa shape index (κ1) is 20.3. The summed E-state index contributed by atoms with van der Waals surface area (Å²) >= 11 is 0. The van der Waals surface area contributed by atoms with E-state index in [1.54, 1.807) is 13.3 Å². The molecule has 6 nitrogen and oxygen atoms in total. The molecular weight excluding hydrogens is 417 g/mol. The van der Waals surface area contributed by atoms with E-state index >= 15 is 0 Å². The fourth-order valence-electron chi connectivity index (χ4n) is 2.30. The molecule has 0 fully saturated rings. The molecule has 0 saturated heterocycles. The number of hydrogen-bond donors (Lipinski definition) is 1. The number of rotatable bonds is 6. The van der Waals surface area contributed by atoms with Gasteiger partial charge in [-0.15, -0.1) is 24.0 Å². The van der Waals surface area contributed by atoms with Gasteiger partial charge in [-0.25, -0.2) is 4.99 Å². The molecule has 1 N–H and O–H groups in total. The molecule has 0 aliphatic heterocycles. The maximum atomic E-state index is 5.28. The minimum absolute atomic E-state index is 0. The molecule has 1 aromatic carbocycles. The molecule has 0 radical (unpaired) electrons. The van der Waals surface area contributed by atoms with Crippen molar-refractivity contribution < 1.29 is 4.74 Å². The summed E-state index contributed by atoms with van der Waals surface area (Å²) in [7, 11) is 5.64. The predicted octanol–water partition coefficient (Wildman–Crippen LogP) is 2.64. The van der Waals surface area contributed by atoms with E-state index in [2.05, 4.69) is 28.3 Å². The van der Waals surface area contributed by atoms with Crippen molar-refractivity contribution in [3.8, 4) is 5.75 Å². The highest BCUT2D eigenvalue weighted by Crippen LogP contribution is 2.14. The average Bonchev–Trinajstić information content (AvgIpc) is 2.96. The molecule has 0 aliphatic rings. The number of methoxy groups -OCH3 is 1. The van der Waals surface area contributed by atoms with Crippen LogP contribution in [-0.2, 0) is 20.1 Å². The molecule has 7 heteroatoms. The van der Waals surface area contributed by atoms with Crippen LogP contribution in [0.25, 0.3) is 0 Å². The van der Waals surface area contributed by atoms with Gasteiger partial charge in [-0.05, 0) is 30.7 Å². The molecule has 132 valence electrons. The number of ether oxygens (including phenoxy) is 1. The van der Waals surface area contributed by atoms with Gasteiger partial charge in [0.25, 0.3) is 0 Å². The van der Waals surface area contributed by atoms with Crippen molar-refractivity contribution in [2.75, 3.05) is 20.7 Å². The topological polar surface area (TPSA) is 54.7 Å². The molecule has 0 bridgehead atoms. The van der Waals surface area contributed by atoms with Gasteiger partial charge in [-0.1, -0.05) is 12.1 Å². The first-order valence-corrected chi connectivity index (χ1v) is 7.73. The molecule has 1 aromatic heterocycles. The maximum absolute atomic E-state index is 5.28. The second kappa shape index (κ2) is 10.2. The Morgan fingerprint density at radius 2 is 2.17 bits per heavy atom. The summed E-state index contributed by atoms with van der Waals surface area (Å²) in [6.07, 6.45) is 1.79. The van der Waals surface area contributed by atoms with Crippen molar-refractivity contribution >= 4 is 29.9 Å². The van der Waals surface area contributed by atoms with Crippen LogP contribution in [0.5, 0.6) is 5.75 Å². The van der Waals surface area contributed by atoms with Crippen LogP contribution < -0.4 is 10.1 Å². The Bertz CT molecular complexity index is 656. The van der Waals surface area contributed by atoms with Crippen LogP contribution in [-0.4, -0.2) is 41.3 Å². The van der Waals surface area contributed by atoms with E-state index in [9.17, 15) is 0 Å². The van der Waals surface area contributed by atoms with Crippen LogP contribution >= 0.6 is 24.0 Å². The predicted molar refractivity (Wildman–Crippen MR) is 108 cm³/mol. The van der Waals surface area contributed by atoms with E-state index in [0.717, 1.165) is 30.5 Å². The van der Waals surface area contributed by atoms with Crippen molar-refractivity contribution in [2.45, 2.75) is 20.0 Å². The van der Waals surface area contributed by atoms with Crippen molar-refractivity contribution in [3.05, 3.63) is 47.8 Å². The molecular formula is C17H26IN5O. The van der Waals surface area contributed by atoms with Gasteiger partial charge in [0.05, 0.1) is 19.3 Å². The van der Waals surface area contributed by atoms with E-state index in [1.165, 1.54) is 5.56 Å². The van der Waals surface area contributed by atoms with Crippen LogP contribution in [0.2, 0.25) is 0 Å². The fraction of sp³-hybridized carbons (Fsp3) is 0.412. The third-order valence-electron chi connectivity index (χ3n) is 3.56. The number of hydrogen-bond acceptors (Lipinski definition) is 3. The van der Waals surface area contributed by atoms with E-state index in [4.69, 9.17) is 9.73 Å². The largest absolute Gasteiger partial charge is 0.497 e. The Hall–Kier alpha value is -1.77. The number of aryl methyl sites for hydroxylation is 1. The molecule has 24 heavy (non-hydrogen) atoms. The Morgan fingerprint density at radius 1 is 1.38 bits per heavy atom. The average molecular weight is 443 g/mol.